The van der Waals surface area contributed by atoms with E-state index in [2.05, 4.69) is 17.4 Å². The van der Waals surface area contributed by atoms with Gasteiger partial charge in [-0.3, -0.25) is 4.68 Å². The molecule has 0 bridgehead atoms. The van der Waals surface area contributed by atoms with Crippen molar-refractivity contribution in [2.75, 3.05) is 0 Å². The van der Waals surface area contributed by atoms with E-state index in [0.29, 0.717) is 11.3 Å². The van der Waals surface area contributed by atoms with Crippen LogP contribution in [-0.4, -0.2) is 20.9 Å². The van der Waals surface area contributed by atoms with Crippen molar-refractivity contribution in [1.82, 2.24) is 9.78 Å². The Labute approximate surface area is 86.8 Å². The van der Waals surface area contributed by atoms with Gasteiger partial charge >= 0.3 is 5.97 Å². The van der Waals surface area contributed by atoms with Crippen molar-refractivity contribution in [2.45, 2.75) is 0 Å². The van der Waals surface area contributed by atoms with Gasteiger partial charge in [0, 0.05) is 18.7 Å². The summed E-state index contributed by atoms with van der Waals surface area (Å²) in [7, 11) is 1.71. The fraction of sp³-hybridized carbons (Fsp3) is 0.0909. The van der Waals surface area contributed by atoms with E-state index in [1.807, 2.05) is 0 Å². The lowest BCUT2D eigenvalue weighted by molar-refractivity contribution is 0.0697. The second-order valence-electron chi connectivity index (χ2n) is 3.06. The molecule has 1 N–H and O–H groups in total. The van der Waals surface area contributed by atoms with E-state index in [0.717, 1.165) is 0 Å². The number of rotatable bonds is 2. The van der Waals surface area contributed by atoms with Crippen LogP contribution in [-0.2, 0) is 7.05 Å². The summed E-state index contributed by atoms with van der Waals surface area (Å²) in [6, 6.07) is 9.48. The molecule has 15 heavy (non-hydrogen) atoms. The molecule has 1 heterocycles. The van der Waals surface area contributed by atoms with Gasteiger partial charge in [0.25, 0.3) is 0 Å². The van der Waals surface area contributed by atoms with Crippen LogP contribution in [0.5, 0.6) is 0 Å². The Bertz CT molecular complexity index is 503. The summed E-state index contributed by atoms with van der Waals surface area (Å²) < 4.78 is 1.47. The van der Waals surface area contributed by atoms with Gasteiger partial charge in [-0.15, -0.1) is 0 Å². The Morgan fingerprint density at radius 3 is 2.80 bits per heavy atom. The van der Waals surface area contributed by atoms with Crippen molar-refractivity contribution in [3.63, 3.8) is 0 Å². The van der Waals surface area contributed by atoms with Crippen LogP contribution in [0.15, 0.2) is 24.3 Å². The summed E-state index contributed by atoms with van der Waals surface area (Å²) in [6.45, 7) is 0. The van der Waals surface area contributed by atoms with Crippen LogP contribution >= 0.6 is 0 Å². The number of nitrogens with zero attached hydrogens (tertiary/aromatic N) is 2. The number of aromatic nitrogens is 2. The molecular weight excluding hydrogens is 192 g/mol. The lowest BCUT2D eigenvalue weighted by Crippen LogP contribution is -1.99. The van der Waals surface area contributed by atoms with E-state index in [9.17, 15) is 4.79 Å². The monoisotopic (exact) mass is 200 g/mol. The van der Waals surface area contributed by atoms with Crippen LogP contribution < -0.4 is 0 Å². The molecule has 0 amide bonds. The minimum Gasteiger partial charge on any atom is -0.478 e. The summed E-state index contributed by atoms with van der Waals surface area (Å²) in [4.78, 5) is 10.9. The molecule has 0 aliphatic heterocycles. The van der Waals surface area contributed by atoms with Gasteiger partial charge in [-0.25, -0.2) is 4.79 Å². The average Bonchev–Trinajstić information content (AvgIpc) is 2.65. The van der Waals surface area contributed by atoms with E-state index in [-0.39, 0.29) is 5.56 Å². The zero-order valence-electron chi connectivity index (χ0n) is 8.06. The quantitative estimate of drug-likeness (QED) is 0.796. The maximum Gasteiger partial charge on any atom is 0.336 e. The third kappa shape index (κ3) is 1.74. The zero-order chi connectivity index (χ0) is 10.8. The van der Waals surface area contributed by atoms with Gasteiger partial charge in [0.1, 0.15) is 5.69 Å². The highest BCUT2D eigenvalue weighted by Crippen LogP contribution is 2.20. The van der Waals surface area contributed by atoms with Crippen molar-refractivity contribution in [3.05, 3.63) is 42.1 Å². The number of carboxylic acid groups (broad SMARTS) is 1. The molecule has 0 saturated carbocycles. The number of aromatic carboxylic acids is 1. The number of benzene rings is 1. The first kappa shape index (κ1) is 9.45. The Balaban J connectivity index is 2.57. The van der Waals surface area contributed by atoms with Crippen LogP contribution in [0.25, 0.3) is 11.3 Å². The van der Waals surface area contributed by atoms with Gasteiger partial charge in [-0.05, 0) is 6.07 Å². The van der Waals surface area contributed by atoms with Gasteiger partial charge in [0.2, 0.25) is 0 Å². The fourth-order valence-corrected chi connectivity index (χ4v) is 1.33. The Kier molecular flexibility index (Phi) is 2.25. The van der Waals surface area contributed by atoms with E-state index < -0.39 is 5.97 Å². The lowest BCUT2D eigenvalue weighted by atomic mass is 10.1. The third-order valence-electron chi connectivity index (χ3n) is 2.00. The van der Waals surface area contributed by atoms with Crippen LogP contribution in [0, 0.1) is 12.3 Å². The zero-order valence-corrected chi connectivity index (χ0v) is 8.06. The summed E-state index contributed by atoms with van der Waals surface area (Å²) in [5.74, 6) is -0.968. The molecule has 2 radical (unpaired) electrons. The second kappa shape index (κ2) is 3.57. The largest absolute Gasteiger partial charge is 0.478 e. The molecular formula is C11H8N2O2. The number of aryl methyl sites for hydroxylation is 1. The van der Waals surface area contributed by atoms with Gasteiger partial charge in [-0.1, -0.05) is 18.2 Å². The molecule has 74 valence electrons. The van der Waals surface area contributed by atoms with E-state index >= 15 is 0 Å². The van der Waals surface area contributed by atoms with Crippen LogP contribution in [0.1, 0.15) is 10.4 Å². The van der Waals surface area contributed by atoms with E-state index in [1.54, 1.807) is 31.3 Å². The standard InChI is InChI=1S/C11H8N2O2/c1-13-7-6-10(12-13)8-4-2-3-5-9(8)11(14)15/h2-5H,1H3,(H,14,15). The van der Waals surface area contributed by atoms with Gasteiger partial charge < -0.3 is 5.11 Å². The highest BCUT2D eigenvalue weighted by molar-refractivity contribution is 5.95. The lowest BCUT2D eigenvalue weighted by Gasteiger charge is -2.01. The summed E-state index contributed by atoms with van der Waals surface area (Å²) in [5, 5.41) is 13.0. The number of hydrogen-bond donors (Lipinski definition) is 1. The van der Waals surface area contributed by atoms with Crippen LogP contribution in [0.2, 0.25) is 0 Å². The molecule has 0 aliphatic carbocycles. The Morgan fingerprint density at radius 1 is 1.47 bits per heavy atom. The Morgan fingerprint density at radius 2 is 2.20 bits per heavy atom. The molecule has 1 aromatic heterocycles. The molecule has 2 aromatic rings. The van der Waals surface area contributed by atoms with E-state index in [4.69, 9.17) is 5.11 Å². The first-order valence-electron chi connectivity index (χ1n) is 4.35. The predicted octanol–water partition coefficient (Wildman–Crippen LogP) is 1.39. The Hall–Kier alpha value is -2.10. The molecule has 2 rings (SSSR count). The summed E-state index contributed by atoms with van der Waals surface area (Å²) in [6.07, 6.45) is 2.72. The molecule has 0 fully saturated rings. The first-order valence-corrected chi connectivity index (χ1v) is 4.35. The number of carboxylic acids is 1. The first-order chi connectivity index (χ1) is 7.18. The van der Waals surface area contributed by atoms with Crippen molar-refractivity contribution in [2.24, 2.45) is 7.05 Å². The molecule has 4 heteroatoms. The van der Waals surface area contributed by atoms with Crippen molar-refractivity contribution in [1.29, 1.82) is 0 Å². The predicted molar refractivity (Wildman–Crippen MR) is 53.3 cm³/mol. The van der Waals surface area contributed by atoms with Gasteiger partial charge in [0.05, 0.1) is 11.8 Å². The molecule has 0 atom stereocenters. The minimum atomic E-state index is -0.968. The molecule has 0 spiro atoms. The van der Waals surface area contributed by atoms with Gasteiger partial charge in [-0.2, -0.15) is 5.10 Å². The van der Waals surface area contributed by atoms with Crippen LogP contribution in [0.3, 0.4) is 0 Å². The maximum absolute atomic E-state index is 10.9. The van der Waals surface area contributed by atoms with Crippen molar-refractivity contribution in [3.8, 4) is 11.3 Å². The smallest absolute Gasteiger partial charge is 0.336 e. The van der Waals surface area contributed by atoms with Gasteiger partial charge in [0.15, 0.2) is 0 Å². The minimum absolute atomic E-state index is 0.223. The van der Waals surface area contributed by atoms with Crippen molar-refractivity contribution >= 4 is 5.97 Å². The summed E-state index contributed by atoms with van der Waals surface area (Å²) >= 11 is 0. The summed E-state index contributed by atoms with van der Waals surface area (Å²) in [5.41, 5.74) is 1.28. The average molecular weight is 200 g/mol. The van der Waals surface area contributed by atoms with Crippen LogP contribution in [0.4, 0.5) is 0 Å². The molecule has 4 nitrogen and oxygen atoms in total. The number of hydrogen-bond acceptors (Lipinski definition) is 2. The molecule has 1 aromatic carbocycles. The molecule has 0 unspecified atom stereocenters. The van der Waals surface area contributed by atoms with E-state index in [1.165, 1.54) is 4.68 Å². The van der Waals surface area contributed by atoms with Crippen molar-refractivity contribution < 1.29 is 9.90 Å². The topological polar surface area (TPSA) is 55.1 Å². The fourth-order valence-electron chi connectivity index (χ4n) is 1.33. The molecule has 0 aliphatic rings. The number of carbonyl (C=O) groups is 1. The molecule has 0 saturated heterocycles. The highest BCUT2D eigenvalue weighted by atomic mass is 16.4. The SMILES string of the molecule is Cn1[c][c]c(-c2ccccc2C(=O)O)n1. The second-order valence-corrected chi connectivity index (χ2v) is 3.06. The maximum atomic E-state index is 10.9. The normalized spacial score (nSPS) is 10.2. The third-order valence-corrected chi connectivity index (χ3v) is 2.00. The highest BCUT2D eigenvalue weighted by Gasteiger charge is 2.12.